The lowest BCUT2D eigenvalue weighted by Gasteiger charge is -2.11. The van der Waals surface area contributed by atoms with Crippen LogP contribution in [0.1, 0.15) is 32.5 Å². The largest absolute Gasteiger partial charge is 0.497 e. The minimum atomic E-state index is -0.0589. The van der Waals surface area contributed by atoms with Gasteiger partial charge in [0.05, 0.1) is 12.6 Å². The average Bonchev–Trinajstić information content (AvgIpc) is 3.39. The molecule has 1 amide bonds. The normalized spacial score (nSPS) is 11.5. The average molecular weight is 440 g/mol. The van der Waals surface area contributed by atoms with Crippen LogP contribution in [0, 0.1) is 5.92 Å². The highest BCUT2D eigenvalue weighted by atomic mass is 32.1. The lowest BCUT2D eigenvalue weighted by Crippen LogP contribution is -2.24. The third-order valence-corrected chi connectivity index (χ3v) is 5.90. The summed E-state index contributed by atoms with van der Waals surface area (Å²) < 4.78 is 9.49. The fourth-order valence-corrected chi connectivity index (χ4v) is 4.40. The number of thiophene rings is 1. The molecule has 0 spiro atoms. The van der Waals surface area contributed by atoms with Crippen LogP contribution in [0.3, 0.4) is 0 Å². The number of aromatic nitrogens is 4. The molecule has 31 heavy (non-hydrogen) atoms. The molecule has 0 atom stereocenters. The van der Waals surface area contributed by atoms with Crippen molar-refractivity contribution in [1.82, 2.24) is 19.2 Å². The molecule has 3 aromatic heterocycles. The van der Waals surface area contributed by atoms with E-state index in [2.05, 4.69) is 29.4 Å². The van der Waals surface area contributed by atoms with Gasteiger partial charge in [0.1, 0.15) is 16.3 Å². The number of ether oxygens (including phenoxy) is 1. The molecular weight excluding hydrogens is 414 g/mol. The highest BCUT2D eigenvalue weighted by Crippen LogP contribution is 2.21. The highest BCUT2D eigenvalue weighted by Gasteiger charge is 2.18. The molecule has 162 valence electrons. The molecule has 3 heterocycles. The van der Waals surface area contributed by atoms with E-state index in [1.807, 2.05) is 28.0 Å². The molecule has 8 nitrogen and oxygen atoms in total. The lowest BCUT2D eigenvalue weighted by atomic mass is 10.2. The Labute approximate surface area is 183 Å². The number of aryl methyl sites for hydroxylation is 1. The summed E-state index contributed by atoms with van der Waals surface area (Å²) in [5.41, 5.74) is 1.54. The number of anilines is 1. The molecule has 0 saturated heterocycles. The predicted octanol–water partition coefficient (Wildman–Crippen LogP) is 3.73. The Kier molecular flexibility index (Phi) is 6.03. The van der Waals surface area contributed by atoms with Gasteiger partial charge in [0.25, 0.3) is 5.56 Å². The number of nitrogens with one attached hydrogen (secondary N) is 1. The summed E-state index contributed by atoms with van der Waals surface area (Å²) in [4.78, 5) is 25.2. The van der Waals surface area contributed by atoms with Crippen LogP contribution in [0.5, 0.6) is 5.75 Å². The Morgan fingerprint density at radius 1 is 1.19 bits per heavy atom. The molecule has 0 aliphatic heterocycles. The number of hydrogen-bond acceptors (Lipinski definition) is 6. The highest BCUT2D eigenvalue weighted by molar-refractivity contribution is 7.17. The first-order valence-corrected chi connectivity index (χ1v) is 11.1. The monoisotopic (exact) mass is 439 g/mol. The van der Waals surface area contributed by atoms with Gasteiger partial charge in [-0.25, -0.2) is 0 Å². The summed E-state index contributed by atoms with van der Waals surface area (Å²) >= 11 is 1.43. The number of fused-ring (bicyclic) bond motifs is 3. The van der Waals surface area contributed by atoms with Crippen LogP contribution in [0.15, 0.2) is 40.5 Å². The Bertz CT molecular complexity index is 1270. The van der Waals surface area contributed by atoms with Crippen molar-refractivity contribution in [3.05, 3.63) is 51.9 Å². The van der Waals surface area contributed by atoms with Crippen LogP contribution < -0.4 is 15.6 Å². The zero-order valence-corrected chi connectivity index (χ0v) is 18.6. The molecule has 4 rings (SSSR count). The number of carbonyl (C=O) groups excluding carboxylic acids is 1. The van der Waals surface area contributed by atoms with Crippen molar-refractivity contribution in [1.29, 1.82) is 0 Å². The summed E-state index contributed by atoms with van der Waals surface area (Å²) in [5, 5.41) is 13.5. The molecule has 1 N–H and O–H groups in total. The Balaban J connectivity index is 1.50. The fourth-order valence-electron chi connectivity index (χ4n) is 3.58. The molecule has 0 bridgehead atoms. The summed E-state index contributed by atoms with van der Waals surface area (Å²) in [5.74, 6) is 2.31. The van der Waals surface area contributed by atoms with Crippen LogP contribution in [0.4, 0.5) is 5.69 Å². The smallest absolute Gasteiger partial charge is 0.272 e. The number of amides is 1. The maximum absolute atomic E-state index is 12.9. The predicted molar refractivity (Wildman–Crippen MR) is 122 cm³/mol. The molecule has 9 heteroatoms. The summed E-state index contributed by atoms with van der Waals surface area (Å²) in [6, 6.07) is 9.16. The van der Waals surface area contributed by atoms with E-state index >= 15 is 0 Å². The van der Waals surface area contributed by atoms with Crippen molar-refractivity contribution in [2.75, 3.05) is 12.4 Å². The number of benzene rings is 1. The molecule has 0 aliphatic carbocycles. The molecule has 0 radical (unpaired) electrons. The number of methoxy groups -OCH3 is 1. The van der Waals surface area contributed by atoms with E-state index < -0.39 is 0 Å². The zero-order valence-electron chi connectivity index (χ0n) is 17.8. The summed E-state index contributed by atoms with van der Waals surface area (Å²) in [6.07, 6.45) is 1.57. The number of nitrogens with zero attached hydrogens (tertiary/aromatic N) is 4. The first kappa shape index (κ1) is 21.0. The van der Waals surface area contributed by atoms with E-state index in [1.165, 1.54) is 11.3 Å². The topological polar surface area (TPSA) is 90.5 Å². The van der Waals surface area contributed by atoms with Crippen LogP contribution in [-0.4, -0.2) is 32.2 Å². The maximum atomic E-state index is 12.9. The summed E-state index contributed by atoms with van der Waals surface area (Å²) in [6.45, 7) is 4.72. The summed E-state index contributed by atoms with van der Waals surface area (Å²) in [7, 11) is 1.60. The van der Waals surface area contributed by atoms with Gasteiger partial charge in [0.15, 0.2) is 0 Å². The third-order valence-electron chi connectivity index (χ3n) is 5.00. The van der Waals surface area contributed by atoms with Crippen molar-refractivity contribution in [2.45, 2.75) is 39.7 Å². The van der Waals surface area contributed by atoms with Crippen molar-refractivity contribution in [2.24, 2.45) is 5.92 Å². The van der Waals surface area contributed by atoms with Gasteiger partial charge >= 0.3 is 0 Å². The second-order valence-electron chi connectivity index (χ2n) is 7.83. The molecule has 0 unspecified atom stereocenters. The number of rotatable bonds is 8. The van der Waals surface area contributed by atoms with Crippen molar-refractivity contribution >= 4 is 38.9 Å². The maximum Gasteiger partial charge on any atom is 0.272 e. The van der Waals surface area contributed by atoms with Gasteiger partial charge in [-0.3, -0.25) is 18.6 Å². The first-order chi connectivity index (χ1) is 15.0. The second-order valence-corrected chi connectivity index (χ2v) is 8.74. The van der Waals surface area contributed by atoms with Crippen LogP contribution in [0.25, 0.3) is 16.0 Å². The molecule has 4 aromatic rings. The van der Waals surface area contributed by atoms with Gasteiger partial charge in [-0.1, -0.05) is 13.8 Å². The first-order valence-electron chi connectivity index (χ1n) is 10.3. The van der Waals surface area contributed by atoms with Crippen LogP contribution in [0.2, 0.25) is 0 Å². The van der Waals surface area contributed by atoms with Crippen molar-refractivity contribution in [3.63, 3.8) is 0 Å². The SMILES string of the molecule is COc1ccc(NC(=O)CCCc2nnc3n(CC(C)C)c(=O)c4sccc4n23)cc1. The number of carbonyl (C=O) groups is 1. The van der Waals surface area contributed by atoms with E-state index in [4.69, 9.17) is 4.74 Å². The zero-order chi connectivity index (χ0) is 22.0. The third kappa shape index (κ3) is 4.32. The lowest BCUT2D eigenvalue weighted by molar-refractivity contribution is -0.116. The quantitative estimate of drug-likeness (QED) is 0.452. The van der Waals surface area contributed by atoms with Crippen molar-refractivity contribution < 1.29 is 9.53 Å². The standard InChI is InChI=1S/C22H25N5O3S/c1-14(2)13-26-21(29)20-17(11-12-31-20)27-18(24-25-22(26)27)5-4-6-19(28)23-15-7-9-16(30-3)10-8-15/h7-12,14H,4-6,13H2,1-3H3,(H,23,28). The number of hydrogen-bond donors (Lipinski definition) is 1. The van der Waals surface area contributed by atoms with Gasteiger partial charge in [-0.2, -0.15) is 0 Å². The second kappa shape index (κ2) is 8.89. The fraction of sp³-hybridized carbons (Fsp3) is 0.364. The van der Waals surface area contributed by atoms with Crippen molar-refractivity contribution in [3.8, 4) is 5.75 Å². The van der Waals surface area contributed by atoms with Gasteiger partial charge in [0, 0.05) is 25.1 Å². The van der Waals surface area contributed by atoms with Crippen LogP contribution >= 0.6 is 11.3 Å². The minimum Gasteiger partial charge on any atom is -0.497 e. The van der Waals surface area contributed by atoms with E-state index in [9.17, 15) is 9.59 Å². The Morgan fingerprint density at radius 2 is 1.97 bits per heavy atom. The van der Waals surface area contributed by atoms with Gasteiger partial charge in [0.2, 0.25) is 11.7 Å². The molecule has 0 aliphatic rings. The van der Waals surface area contributed by atoms with E-state index in [0.717, 1.165) is 22.8 Å². The van der Waals surface area contributed by atoms with Gasteiger partial charge < -0.3 is 10.1 Å². The van der Waals surface area contributed by atoms with Crippen LogP contribution in [-0.2, 0) is 17.8 Å². The van der Waals surface area contributed by atoms with E-state index in [0.29, 0.717) is 42.2 Å². The molecule has 0 fully saturated rings. The molecule has 1 aromatic carbocycles. The van der Waals surface area contributed by atoms with E-state index in [1.54, 1.807) is 23.8 Å². The van der Waals surface area contributed by atoms with Gasteiger partial charge in [-0.15, -0.1) is 21.5 Å². The Morgan fingerprint density at radius 3 is 2.68 bits per heavy atom. The minimum absolute atomic E-state index is 0.0241. The van der Waals surface area contributed by atoms with E-state index in [-0.39, 0.29) is 11.5 Å². The van der Waals surface area contributed by atoms with Gasteiger partial charge in [-0.05, 0) is 48.1 Å². The molecular formula is C22H25N5O3S. The Hall–Kier alpha value is -3.20. The molecule has 0 saturated carbocycles.